The Bertz CT molecular complexity index is 691. The molecule has 0 unspecified atom stereocenters. The van der Waals surface area contributed by atoms with Gasteiger partial charge in [0.15, 0.2) is 5.82 Å². The number of rotatable bonds is 4. The van der Waals surface area contributed by atoms with Gasteiger partial charge in [0.1, 0.15) is 5.69 Å². The van der Waals surface area contributed by atoms with E-state index < -0.39 is 5.91 Å². The van der Waals surface area contributed by atoms with Crippen LogP contribution in [0.1, 0.15) is 30.0 Å². The maximum atomic E-state index is 12.0. The summed E-state index contributed by atoms with van der Waals surface area (Å²) >= 11 is 0. The first kappa shape index (κ1) is 14.8. The minimum Gasteiger partial charge on any atom is -0.304 e. The molecule has 2 aromatic heterocycles. The van der Waals surface area contributed by atoms with Crippen molar-refractivity contribution in [2.45, 2.75) is 20.3 Å². The third-order valence-electron chi connectivity index (χ3n) is 2.77. The Morgan fingerprint density at radius 1 is 1.24 bits per heavy atom. The van der Waals surface area contributed by atoms with Gasteiger partial charge in [0.25, 0.3) is 11.5 Å². The molecule has 0 spiro atoms. The zero-order valence-corrected chi connectivity index (χ0v) is 12.2. The van der Waals surface area contributed by atoms with Crippen LogP contribution in [0.2, 0.25) is 0 Å². The van der Waals surface area contributed by atoms with E-state index in [2.05, 4.69) is 34.5 Å². The lowest BCUT2D eigenvalue weighted by molar-refractivity contribution is 0.101. The third kappa shape index (κ3) is 3.95. The van der Waals surface area contributed by atoms with Gasteiger partial charge in [0, 0.05) is 13.1 Å². The molecule has 0 saturated heterocycles. The molecule has 0 aliphatic heterocycles. The van der Waals surface area contributed by atoms with E-state index in [1.54, 1.807) is 6.07 Å². The van der Waals surface area contributed by atoms with Gasteiger partial charge in [-0.2, -0.15) is 10.2 Å². The number of nitrogens with one attached hydrogen (secondary N) is 1. The average Bonchev–Trinajstić information content (AvgIpc) is 2.43. The molecule has 7 heteroatoms. The highest BCUT2D eigenvalue weighted by Crippen LogP contribution is 2.07. The lowest BCUT2D eigenvalue weighted by atomic mass is 10.1. The molecule has 2 heterocycles. The van der Waals surface area contributed by atoms with Crippen LogP contribution in [0, 0.1) is 5.92 Å². The van der Waals surface area contributed by atoms with Crippen molar-refractivity contribution in [1.82, 2.24) is 20.0 Å². The fraction of sp³-hybridized carbons (Fsp3) is 0.357. The Morgan fingerprint density at radius 3 is 2.57 bits per heavy atom. The maximum absolute atomic E-state index is 12.0. The largest absolute Gasteiger partial charge is 0.304 e. The second kappa shape index (κ2) is 6.25. The molecule has 110 valence electrons. The topological polar surface area (TPSA) is 89.8 Å². The van der Waals surface area contributed by atoms with E-state index in [4.69, 9.17) is 0 Å². The molecule has 0 aromatic carbocycles. The van der Waals surface area contributed by atoms with Gasteiger partial charge < -0.3 is 5.32 Å². The minimum absolute atomic E-state index is 0.144. The molecule has 21 heavy (non-hydrogen) atoms. The molecule has 2 rings (SSSR count). The van der Waals surface area contributed by atoms with Gasteiger partial charge in [-0.05, 0) is 30.5 Å². The average molecular weight is 287 g/mol. The summed E-state index contributed by atoms with van der Waals surface area (Å²) in [5.74, 6) is 0.411. The Morgan fingerprint density at radius 2 is 2.00 bits per heavy atom. The van der Waals surface area contributed by atoms with Crippen LogP contribution >= 0.6 is 0 Å². The number of carbonyl (C=O) groups excluding carboxylic acids is 1. The van der Waals surface area contributed by atoms with Crippen LogP contribution in [0.4, 0.5) is 5.82 Å². The van der Waals surface area contributed by atoms with Crippen LogP contribution in [0.3, 0.4) is 0 Å². The normalized spacial score (nSPS) is 10.7. The van der Waals surface area contributed by atoms with Crippen LogP contribution in [-0.2, 0) is 13.5 Å². The Kier molecular flexibility index (Phi) is 4.42. The van der Waals surface area contributed by atoms with Gasteiger partial charge in [-0.15, -0.1) is 5.10 Å². The molecule has 0 radical (unpaired) electrons. The van der Waals surface area contributed by atoms with E-state index in [1.165, 1.54) is 19.2 Å². The van der Waals surface area contributed by atoms with E-state index in [0.717, 1.165) is 16.8 Å². The van der Waals surface area contributed by atoms with Crippen molar-refractivity contribution in [1.29, 1.82) is 0 Å². The molecule has 2 aromatic rings. The number of amides is 1. The van der Waals surface area contributed by atoms with Gasteiger partial charge in [0.05, 0.1) is 5.69 Å². The van der Waals surface area contributed by atoms with Crippen LogP contribution in [0.5, 0.6) is 0 Å². The van der Waals surface area contributed by atoms with Crippen molar-refractivity contribution in [3.63, 3.8) is 0 Å². The van der Waals surface area contributed by atoms with E-state index in [1.807, 2.05) is 6.07 Å². The number of aryl methyl sites for hydroxylation is 1. The second-order valence-electron chi connectivity index (χ2n) is 5.14. The Balaban J connectivity index is 2.08. The third-order valence-corrected chi connectivity index (χ3v) is 2.77. The first-order chi connectivity index (χ1) is 9.95. The first-order valence-electron chi connectivity index (χ1n) is 6.64. The highest BCUT2D eigenvalue weighted by atomic mass is 16.2. The summed E-state index contributed by atoms with van der Waals surface area (Å²) in [6.07, 6.45) is 0.837. The highest BCUT2D eigenvalue weighted by molar-refractivity contribution is 6.02. The Labute approximate surface area is 122 Å². The van der Waals surface area contributed by atoms with E-state index in [-0.39, 0.29) is 11.3 Å². The van der Waals surface area contributed by atoms with Gasteiger partial charge in [-0.3, -0.25) is 9.59 Å². The number of aromatic nitrogens is 4. The lowest BCUT2D eigenvalue weighted by Gasteiger charge is -2.06. The van der Waals surface area contributed by atoms with Gasteiger partial charge in [-0.25, -0.2) is 4.68 Å². The zero-order chi connectivity index (χ0) is 15.4. The standard InChI is InChI=1S/C14H17N5O2/c1-9(2)8-10-4-6-12(17-16-10)15-14(21)11-5-7-13(20)19(3)18-11/h4-7,9H,8H2,1-3H3,(H,15,17,21). The smallest absolute Gasteiger partial charge is 0.277 e. The maximum Gasteiger partial charge on any atom is 0.277 e. The Hall–Kier alpha value is -2.57. The molecule has 0 atom stereocenters. The number of anilines is 1. The minimum atomic E-state index is -0.434. The summed E-state index contributed by atoms with van der Waals surface area (Å²) in [6, 6.07) is 6.19. The molecule has 1 amide bonds. The van der Waals surface area contributed by atoms with Crippen LogP contribution in [-0.4, -0.2) is 25.9 Å². The van der Waals surface area contributed by atoms with Crippen LogP contribution < -0.4 is 10.9 Å². The first-order valence-corrected chi connectivity index (χ1v) is 6.64. The number of carbonyl (C=O) groups is 1. The number of nitrogens with zero attached hydrogens (tertiary/aromatic N) is 4. The quantitative estimate of drug-likeness (QED) is 0.906. The highest BCUT2D eigenvalue weighted by Gasteiger charge is 2.10. The van der Waals surface area contributed by atoms with Crippen molar-refractivity contribution in [3.05, 3.63) is 46.0 Å². The second-order valence-corrected chi connectivity index (χ2v) is 5.14. The molecule has 1 N–H and O–H groups in total. The van der Waals surface area contributed by atoms with Crippen LogP contribution in [0.25, 0.3) is 0 Å². The summed E-state index contributed by atoms with van der Waals surface area (Å²) in [7, 11) is 1.49. The molecule has 0 aliphatic rings. The molecular formula is C14H17N5O2. The van der Waals surface area contributed by atoms with Gasteiger partial charge in [0.2, 0.25) is 0 Å². The fourth-order valence-electron chi connectivity index (χ4n) is 1.76. The molecule has 7 nitrogen and oxygen atoms in total. The van der Waals surface area contributed by atoms with Crippen molar-refractivity contribution >= 4 is 11.7 Å². The monoisotopic (exact) mass is 287 g/mol. The molecular weight excluding hydrogens is 270 g/mol. The molecule has 0 fully saturated rings. The summed E-state index contributed by atoms with van der Waals surface area (Å²) in [5, 5.41) is 14.5. The van der Waals surface area contributed by atoms with E-state index in [9.17, 15) is 9.59 Å². The van der Waals surface area contributed by atoms with Crippen LogP contribution in [0.15, 0.2) is 29.1 Å². The van der Waals surface area contributed by atoms with Crippen molar-refractivity contribution < 1.29 is 4.79 Å². The van der Waals surface area contributed by atoms with Crippen molar-refractivity contribution in [2.75, 3.05) is 5.32 Å². The molecule has 0 aliphatic carbocycles. The van der Waals surface area contributed by atoms with Crippen molar-refractivity contribution in [2.24, 2.45) is 13.0 Å². The summed E-state index contributed by atoms with van der Waals surface area (Å²) < 4.78 is 1.10. The zero-order valence-electron chi connectivity index (χ0n) is 12.2. The van der Waals surface area contributed by atoms with E-state index in [0.29, 0.717) is 11.7 Å². The van der Waals surface area contributed by atoms with Gasteiger partial charge in [-0.1, -0.05) is 13.8 Å². The fourth-order valence-corrected chi connectivity index (χ4v) is 1.76. The molecule has 0 bridgehead atoms. The van der Waals surface area contributed by atoms with E-state index >= 15 is 0 Å². The summed E-state index contributed by atoms with van der Waals surface area (Å²) in [6.45, 7) is 4.20. The lowest BCUT2D eigenvalue weighted by Crippen LogP contribution is -2.24. The predicted molar refractivity (Wildman–Crippen MR) is 78.0 cm³/mol. The predicted octanol–water partition coefficient (Wildman–Crippen LogP) is 1.02. The number of hydrogen-bond donors (Lipinski definition) is 1. The summed E-state index contributed by atoms with van der Waals surface area (Å²) in [4.78, 5) is 23.2. The van der Waals surface area contributed by atoms with Crippen molar-refractivity contribution in [3.8, 4) is 0 Å². The number of hydrogen-bond acceptors (Lipinski definition) is 5. The summed E-state index contributed by atoms with van der Waals surface area (Å²) in [5.41, 5.74) is 0.748. The molecule has 0 saturated carbocycles. The van der Waals surface area contributed by atoms with Gasteiger partial charge >= 0.3 is 0 Å². The SMILES string of the molecule is CC(C)Cc1ccc(NC(=O)c2ccc(=O)n(C)n2)nn1.